The number of anilines is 6. The number of para-hydroxylation sites is 1. The molecule has 0 atom stereocenters. The second kappa shape index (κ2) is 12.6. The fraction of sp³-hybridized carbons (Fsp3) is 0.407. The fourth-order valence-corrected chi connectivity index (χ4v) is 11.3. The van der Waals surface area contributed by atoms with Gasteiger partial charge in [-0.3, -0.25) is 0 Å². The standard InChI is InChI=1S/C54H58BF3N2O/c1-31-25-32(49(2,3)4)17-20-41(31)60-44-27-33(54(56,57)58)26-43-46(44)55(48-47(60)35-15-13-14-16-45(35)61-48)40-29-38-39(53(11,12)24-23-52(38,9)10)30-42(40)59(43)34-18-19-36-37(28-34)51(7,8)22-21-50(36,5)6/h13-20,25-30H,21-24H2,1-12H3. The summed E-state index contributed by atoms with van der Waals surface area (Å²) in [5.41, 5.74) is 14.1. The van der Waals surface area contributed by atoms with Gasteiger partial charge in [0.1, 0.15) is 5.58 Å². The van der Waals surface area contributed by atoms with Crippen molar-refractivity contribution in [3.63, 3.8) is 0 Å². The lowest BCUT2D eigenvalue weighted by molar-refractivity contribution is -0.137. The lowest BCUT2D eigenvalue weighted by Crippen LogP contribution is -2.61. The molecule has 0 amide bonds. The van der Waals surface area contributed by atoms with Crippen molar-refractivity contribution in [2.75, 3.05) is 9.80 Å². The molecule has 7 heteroatoms. The molecule has 2 aliphatic carbocycles. The number of hydrogen-bond acceptors (Lipinski definition) is 3. The van der Waals surface area contributed by atoms with Gasteiger partial charge in [0.2, 0.25) is 0 Å². The summed E-state index contributed by atoms with van der Waals surface area (Å²) in [6.45, 7) is 26.8. The largest absolute Gasteiger partial charge is 0.468 e. The second-order valence-corrected chi connectivity index (χ2v) is 22.3. The monoisotopic (exact) mass is 818 g/mol. The zero-order valence-electron chi connectivity index (χ0n) is 37.9. The van der Waals surface area contributed by atoms with E-state index in [4.69, 9.17) is 4.42 Å². The van der Waals surface area contributed by atoms with E-state index in [1.54, 1.807) is 0 Å². The summed E-state index contributed by atoms with van der Waals surface area (Å²) in [6.07, 6.45) is -0.439. The normalized spacial score (nSPS) is 19.2. The first kappa shape index (κ1) is 40.2. The van der Waals surface area contributed by atoms with Gasteiger partial charge in [-0.15, -0.1) is 0 Å². The third kappa shape index (κ3) is 5.91. The first-order valence-corrected chi connectivity index (χ1v) is 22.2. The van der Waals surface area contributed by atoms with E-state index in [0.717, 1.165) is 81.6 Å². The summed E-state index contributed by atoms with van der Waals surface area (Å²) in [7, 11) is 0. The lowest BCUT2D eigenvalue weighted by Gasteiger charge is -2.47. The Morgan fingerprint density at radius 3 is 1.75 bits per heavy atom. The molecule has 6 aromatic rings. The number of hydrogen-bond donors (Lipinski definition) is 0. The van der Waals surface area contributed by atoms with Gasteiger partial charge in [-0.1, -0.05) is 113 Å². The molecular formula is C54H58BF3N2O. The van der Waals surface area contributed by atoms with E-state index in [9.17, 15) is 0 Å². The molecule has 4 aliphatic rings. The van der Waals surface area contributed by atoms with Crippen LogP contribution in [0.1, 0.15) is 141 Å². The number of nitrogens with zero attached hydrogens (tertiary/aromatic N) is 2. The molecule has 0 bridgehead atoms. The highest BCUT2D eigenvalue weighted by atomic mass is 19.4. The van der Waals surface area contributed by atoms with Gasteiger partial charge in [0, 0.05) is 33.8 Å². The number of aryl methyl sites for hydroxylation is 1. The number of furan rings is 1. The maximum Gasteiger partial charge on any atom is 0.416 e. The van der Waals surface area contributed by atoms with Gasteiger partial charge in [0.25, 0.3) is 6.71 Å². The van der Waals surface area contributed by atoms with Gasteiger partial charge >= 0.3 is 6.18 Å². The highest BCUT2D eigenvalue weighted by Gasteiger charge is 2.50. The Labute approximate surface area is 360 Å². The van der Waals surface area contributed by atoms with Crippen LogP contribution in [0.15, 0.2) is 89.3 Å². The minimum Gasteiger partial charge on any atom is -0.468 e. The number of fused-ring (bicyclic) bond motifs is 8. The number of rotatable bonds is 2. The quantitative estimate of drug-likeness (QED) is 0.162. The second-order valence-electron chi connectivity index (χ2n) is 22.3. The Morgan fingerprint density at radius 1 is 0.574 bits per heavy atom. The Hall–Kier alpha value is -4.91. The molecular weight excluding hydrogens is 760 g/mol. The molecule has 61 heavy (non-hydrogen) atoms. The van der Waals surface area contributed by atoms with Crippen molar-refractivity contribution in [1.29, 1.82) is 0 Å². The maximum absolute atomic E-state index is 15.7. The van der Waals surface area contributed by atoms with E-state index < -0.39 is 18.5 Å². The molecule has 10 rings (SSSR count). The van der Waals surface area contributed by atoms with E-state index in [1.807, 2.05) is 24.3 Å². The zero-order valence-corrected chi connectivity index (χ0v) is 37.9. The minimum atomic E-state index is -4.60. The topological polar surface area (TPSA) is 19.6 Å². The summed E-state index contributed by atoms with van der Waals surface area (Å²) < 4.78 is 54.1. The summed E-state index contributed by atoms with van der Waals surface area (Å²) in [5.74, 6) is 0. The molecule has 0 unspecified atom stereocenters. The van der Waals surface area contributed by atoms with Gasteiger partial charge in [0.15, 0.2) is 0 Å². The molecule has 3 heterocycles. The molecule has 0 fully saturated rings. The fourth-order valence-electron chi connectivity index (χ4n) is 11.3. The smallest absolute Gasteiger partial charge is 0.416 e. The van der Waals surface area contributed by atoms with Crippen molar-refractivity contribution in [1.82, 2.24) is 0 Å². The van der Waals surface area contributed by atoms with Gasteiger partial charge in [-0.25, -0.2) is 0 Å². The van der Waals surface area contributed by atoms with Crippen molar-refractivity contribution < 1.29 is 17.6 Å². The summed E-state index contributed by atoms with van der Waals surface area (Å²) >= 11 is 0. The summed E-state index contributed by atoms with van der Waals surface area (Å²) in [6, 6.07) is 28.7. The van der Waals surface area contributed by atoms with Crippen LogP contribution in [0.3, 0.4) is 0 Å². The summed E-state index contributed by atoms with van der Waals surface area (Å²) in [5, 5.41) is 0.879. The number of halogens is 3. The molecule has 3 nitrogen and oxygen atoms in total. The highest BCUT2D eigenvalue weighted by Crippen LogP contribution is 2.54. The van der Waals surface area contributed by atoms with E-state index in [-0.39, 0.29) is 27.1 Å². The predicted molar refractivity (Wildman–Crippen MR) is 249 cm³/mol. The minimum absolute atomic E-state index is 0.0169. The Kier molecular flexibility index (Phi) is 8.30. The van der Waals surface area contributed by atoms with Crippen LogP contribution < -0.4 is 26.4 Å². The van der Waals surface area contributed by atoms with Crippen LogP contribution in [-0.2, 0) is 33.3 Å². The maximum atomic E-state index is 15.7. The van der Waals surface area contributed by atoms with Crippen LogP contribution in [0, 0.1) is 6.92 Å². The van der Waals surface area contributed by atoms with Crippen LogP contribution in [-0.4, -0.2) is 6.71 Å². The van der Waals surface area contributed by atoms with E-state index in [1.165, 1.54) is 39.9 Å². The molecule has 314 valence electrons. The van der Waals surface area contributed by atoms with Crippen molar-refractivity contribution in [3.05, 3.63) is 124 Å². The van der Waals surface area contributed by atoms with Crippen LogP contribution in [0.5, 0.6) is 0 Å². The van der Waals surface area contributed by atoms with Crippen molar-refractivity contribution >= 4 is 68.4 Å². The van der Waals surface area contributed by atoms with Crippen molar-refractivity contribution in [2.45, 2.75) is 142 Å². The molecule has 1 aromatic heterocycles. The molecule has 0 saturated carbocycles. The van der Waals surface area contributed by atoms with Crippen molar-refractivity contribution in [2.24, 2.45) is 0 Å². The summed E-state index contributed by atoms with van der Waals surface area (Å²) in [4.78, 5) is 4.26. The van der Waals surface area contributed by atoms with Crippen LogP contribution in [0.2, 0.25) is 0 Å². The molecule has 0 saturated heterocycles. The number of alkyl halides is 3. The van der Waals surface area contributed by atoms with Gasteiger partial charge in [-0.05, 0) is 153 Å². The van der Waals surface area contributed by atoms with Crippen LogP contribution in [0.4, 0.5) is 47.3 Å². The van der Waals surface area contributed by atoms with Crippen LogP contribution in [0.25, 0.3) is 11.0 Å². The van der Waals surface area contributed by atoms with Crippen LogP contribution >= 0.6 is 0 Å². The SMILES string of the molecule is Cc1cc(C(C)(C)C)ccc1N1c2cc(C(F)(F)F)cc3c2B(c2cc4c(cc2N3c2ccc3c(c2)C(C)(C)CCC3(C)C)C(C)(C)CCC4(C)C)c2oc3ccccc3c21. The first-order chi connectivity index (χ1) is 28.4. The van der Waals surface area contributed by atoms with Gasteiger partial charge in [-0.2, -0.15) is 13.2 Å². The average Bonchev–Trinajstić information content (AvgIpc) is 3.56. The lowest BCUT2D eigenvalue weighted by atomic mass is 9.35. The molecule has 0 spiro atoms. The van der Waals surface area contributed by atoms with E-state index in [2.05, 4.69) is 141 Å². The Bertz CT molecular complexity index is 2830. The average molecular weight is 819 g/mol. The van der Waals surface area contributed by atoms with Gasteiger partial charge in [0.05, 0.1) is 16.9 Å². The van der Waals surface area contributed by atoms with E-state index in [0.29, 0.717) is 11.4 Å². The third-order valence-electron chi connectivity index (χ3n) is 15.3. The van der Waals surface area contributed by atoms with Crippen molar-refractivity contribution in [3.8, 4) is 0 Å². The van der Waals surface area contributed by atoms with E-state index >= 15 is 13.2 Å². The highest BCUT2D eigenvalue weighted by molar-refractivity contribution is 7.00. The Balaban J connectivity index is 1.36. The predicted octanol–water partition coefficient (Wildman–Crippen LogP) is 13.8. The zero-order chi connectivity index (χ0) is 43.6. The molecule has 0 radical (unpaired) electrons. The van der Waals surface area contributed by atoms with Gasteiger partial charge < -0.3 is 14.2 Å². The molecule has 0 N–H and O–H groups in total. The molecule has 2 aliphatic heterocycles. The Morgan fingerprint density at radius 2 is 1.15 bits per heavy atom. The third-order valence-corrected chi connectivity index (χ3v) is 15.3. The first-order valence-electron chi connectivity index (χ1n) is 22.2. The molecule has 5 aromatic carbocycles. The number of benzene rings is 5.